The third-order valence-electron chi connectivity index (χ3n) is 2.80. The van der Waals surface area contributed by atoms with E-state index in [-0.39, 0.29) is 5.78 Å². The fourth-order valence-electron chi connectivity index (χ4n) is 1.90. The van der Waals surface area contributed by atoms with Gasteiger partial charge in [0.05, 0.1) is 12.9 Å². The maximum atomic E-state index is 11.9. The predicted octanol–water partition coefficient (Wildman–Crippen LogP) is 2.31. The molecular formula is C14H16N2O. The minimum absolute atomic E-state index is 0.204. The van der Waals surface area contributed by atoms with Gasteiger partial charge in [0.1, 0.15) is 0 Å². The second kappa shape index (κ2) is 4.95. The smallest absolute Gasteiger partial charge is 0.156 e. The average Bonchev–Trinajstić information content (AvgIpc) is 2.75. The number of imidazole rings is 1. The van der Waals surface area contributed by atoms with Crippen LogP contribution in [-0.2, 0) is 17.8 Å². The van der Waals surface area contributed by atoms with Gasteiger partial charge in [-0.05, 0) is 25.0 Å². The van der Waals surface area contributed by atoms with E-state index < -0.39 is 0 Å². The average molecular weight is 228 g/mol. The molecule has 0 atom stereocenters. The largest absolute Gasteiger partial charge is 0.330 e. The lowest BCUT2D eigenvalue weighted by Gasteiger charge is -2.06. The van der Waals surface area contributed by atoms with Gasteiger partial charge in [0.15, 0.2) is 5.78 Å². The Morgan fingerprint density at radius 3 is 2.82 bits per heavy atom. The number of Topliss-reactive ketones (excluding diaryl/α,β-unsaturated/α-hetero) is 1. The molecule has 0 aliphatic rings. The zero-order valence-corrected chi connectivity index (χ0v) is 10.2. The van der Waals surface area contributed by atoms with Crippen LogP contribution in [0.5, 0.6) is 0 Å². The van der Waals surface area contributed by atoms with E-state index in [1.54, 1.807) is 23.3 Å². The molecule has 0 aliphatic carbocycles. The first-order valence-corrected chi connectivity index (χ1v) is 5.69. The van der Waals surface area contributed by atoms with Crippen LogP contribution in [-0.4, -0.2) is 15.3 Å². The summed E-state index contributed by atoms with van der Waals surface area (Å²) in [6, 6.07) is 6.20. The van der Waals surface area contributed by atoms with Crippen molar-refractivity contribution in [2.45, 2.75) is 26.8 Å². The van der Waals surface area contributed by atoms with E-state index in [0.29, 0.717) is 13.0 Å². The van der Waals surface area contributed by atoms with Gasteiger partial charge in [0.25, 0.3) is 0 Å². The van der Waals surface area contributed by atoms with Crippen molar-refractivity contribution in [2.75, 3.05) is 0 Å². The highest BCUT2D eigenvalue weighted by Gasteiger charge is 2.06. The van der Waals surface area contributed by atoms with Gasteiger partial charge in [-0.15, -0.1) is 0 Å². The lowest BCUT2D eigenvalue weighted by Crippen LogP contribution is -2.12. The van der Waals surface area contributed by atoms with Crippen molar-refractivity contribution in [1.82, 2.24) is 9.55 Å². The highest BCUT2D eigenvalue weighted by molar-refractivity contribution is 5.81. The van der Waals surface area contributed by atoms with Crippen LogP contribution in [0.15, 0.2) is 36.9 Å². The molecule has 17 heavy (non-hydrogen) atoms. The van der Waals surface area contributed by atoms with Crippen LogP contribution in [0.2, 0.25) is 0 Å². The number of aromatic nitrogens is 2. The van der Waals surface area contributed by atoms with Crippen molar-refractivity contribution in [3.63, 3.8) is 0 Å². The standard InChI is InChI=1S/C14H16N2O/c1-11-3-4-13(12(2)7-11)8-14(17)9-16-6-5-15-10-16/h3-7,10H,8-9H2,1-2H3. The second-order valence-electron chi connectivity index (χ2n) is 4.38. The summed E-state index contributed by atoms with van der Waals surface area (Å²) < 4.78 is 1.80. The van der Waals surface area contributed by atoms with Crippen LogP contribution in [0.4, 0.5) is 0 Å². The molecule has 0 saturated carbocycles. The number of benzene rings is 1. The number of ketones is 1. The maximum absolute atomic E-state index is 11.9. The van der Waals surface area contributed by atoms with Gasteiger partial charge < -0.3 is 4.57 Å². The van der Waals surface area contributed by atoms with Crippen LogP contribution in [0, 0.1) is 13.8 Å². The van der Waals surface area contributed by atoms with Gasteiger partial charge >= 0.3 is 0 Å². The van der Waals surface area contributed by atoms with Crippen LogP contribution in [0.3, 0.4) is 0 Å². The summed E-state index contributed by atoms with van der Waals surface area (Å²) in [5.74, 6) is 0.204. The first-order chi connectivity index (χ1) is 8.15. The number of hydrogen-bond acceptors (Lipinski definition) is 2. The van der Waals surface area contributed by atoms with Gasteiger partial charge in [-0.3, -0.25) is 4.79 Å². The Hall–Kier alpha value is -1.90. The third kappa shape index (κ3) is 3.03. The number of hydrogen-bond donors (Lipinski definition) is 0. The molecule has 1 aromatic carbocycles. The zero-order valence-electron chi connectivity index (χ0n) is 10.2. The molecule has 2 rings (SSSR count). The summed E-state index contributed by atoms with van der Waals surface area (Å²) in [7, 11) is 0. The van der Waals surface area contributed by atoms with Gasteiger partial charge in [0, 0.05) is 18.8 Å². The molecular weight excluding hydrogens is 212 g/mol. The fraction of sp³-hybridized carbons (Fsp3) is 0.286. The molecule has 88 valence electrons. The van der Waals surface area contributed by atoms with E-state index in [4.69, 9.17) is 0 Å². The highest BCUT2D eigenvalue weighted by atomic mass is 16.1. The Balaban J connectivity index is 2.03. The highest BCUT2D eigenvalue weighted by Crippen LogP contribution is 2.11. The number of rotatable bonds is 4. The van der Waals surface area contributed by atoms with Gasteiger partial charge in [-0.2, -0.15) is 0 Å². The van der Waals surface area contributed by atoms with Crippen molar-refractivity contribution < 1.29 is 4.79 Å². The lowest BCUT2D eigenvalue weighted by molar-refractivity contribution is -0.119. The van der Waals surface area contributed by atoms with Crippen LogP contribution in [0.25, 0.3) is 0 Å². The summed E-state index contributed by atoms with van der Waals surface area (Å²) in [5, 5.41) is 0. The maximum Gasteiger partial charge on any atom is 0.156 e. The monoisotopic (exact) mass is 228 g/mol. The van der Waals surface area contributed by atoms with Crippen molar-refractivity contribution in [3.8, 4) is 0 Å². The summed E-state index contributed by atoms with van der Waals surface area (Å²) in [4.78, 5) is 15.8. The Morgan fingerprint density at radius 2 is 2.18 bits per heavy atom. The van der Waals surface area contributed by atoms with E-state index >= 15 is 0 Å². The molecule has 0 bridgehead atoms. The molecule has 0 fully saturated rings. The summed E-state index contributed by atoms with van der Waals surface area (Å²) in [5.41, 5.74) is 3.53. The number of carbonyl (C=O) groups is 1. The summed E-state index contributed by atoms with van der Waals surface area (Å²) >= 11 is 0. The summed E-state index contributed by atoms with van der Waals surface area (Å²) in [6.45, 7) is 4.50. The minimum atomic E-state index is 0.204. The van der Waals surface area contributed by atoms with E-state index in [1.165, 1.54) is 11.1 Å². The number of aryl methyl sites for hydroxylation is 2. The Kier molecular flexibility index (Phi) is 3.38. The molecule has 0 saturated heterocycles. The quantitative estimate of drug-likeness (QED) is 0.805. The molecule has 0 radical (unpaired) electrons. The topological polar surface area (TPSA) is 34.9 Å². The predicted molar refractivity (Wildman–Crippen MR) is 66.9 cm³/mol. The zero-order chi connectivity index (χ0) is 12.3. The Labute approximate surface area is 101 Å². The molecule has 0 amide bonds. The van der Waals surface area contributed by atoms with Crippen LogP contribution < -0.4 is 0 Å². The first kappa shape index (κ1) is 11.6. The number of nitrogens with zero attached hydrogens (tertiary/aromatic N) is 2. The molecule has 1 heterocycles. The van der Waals surface area contributed by atoms with Gasteiger partial charge in [-0.1, -0.05) is 23.8 Å². The molecule has 0 N–H and O–H groups in total. The Bertz CT molecular complexity index is 515. The van der Waals surface area contributed by atoms with E-state index in [9.17, 15) is 4.79 Å². The summed E-state index contributed by atoms with van der Waals surface area (Å²) in [6.07, 6.45) is 5.65. The molecule has 3 nitrogen and oxygen atoms in total. The first-order valence-electron chi connectivity index (χ1n) is 5.69. The van der Waals surface area contributed by atoms with Crippen molar-refractivity contribution in [1.29, 1.82) is 0 Å². The van der Waals surface area contributed by atoms with Crippen molar-refractivity contribution in [2.24, 2.45) is 0 Å². The van der Waals surface area contributed by atoms with E-state index in [1.807, 2.05) is 19.1 Å². The van der Waals surface area contributed by atoms with Crippen molar-refractivity contribution >= 4 is 5.78 Å². The molecule has 2 aromatic rings. The molecule has 1 aromatic heterocycles. The van der Waals surface area contributed by atoms with Crippen LogP contribution in [0.1, 0.15) is 16.7 Å². The molecule has 0 unspecified atom stereocenters. The SMILES string of the molecule is Cc1ccc(CC(=O)Cn2ccnc2)c(C)c1. The molecule has 0 spiro atoms. The molecule has 3 heteroatoms. The van der Waals surface area contributed by atoms with E-state index in [2.05, 4.69) is 18.0 Å². The normalized spacial score (nSPS) is 10.5. The van der Waals surface area contributed by atoms with E-state index in [0.717, 1.165) is 5.56 Å². The Morgan fingerprint density at radius 1 is 1.35 bits per heavy atom. The lowest BCUT2D eigenvalue weighted by atomic mass is 10.0. The fourth-order valence-corrected chi connectivity index (χ4v) is 1.90. The second-order valence-corrected chi connectivity index (χ2v) is 4.38. The van der Waals surface area contributed by atoms with Gasteiger partial charge in [-0.25, -0.2) is 4.98 Å². The molecule has 0 aliphatic heterocycles. The van der Waals surface area contributed by atoms with Gasteiger partial charge in [0.2, 0.25) is 0 Å². The minimum Gasteiger partial charge on any atom is -0.330 e. The third-order valence-corrected chi connectivity index (χ3v) is 2.80. The van der Waals surface area contributed by atoms with Crippen molar-refractivity contribution in [3.05, 3.63) is 53.6 Å². The number of carbonyl (C=O) groups excluding carboxylic acids is 1. The van der Waals surface area contributed by atoms with Crippen LogP contribution >= 0.6 is 0 Å².